The van der Waals surface area contributed by atoms with Crippen molar-refractivity contribution in [3.05, 3.63) is 59.7 Å². The maximum atomic E-state index is 12.1. The smallest absolute Gasteiger partial charge is 0.265 e. The summed E-state index contributed by atoms with van der Waals surface area (Å²) >= 11 is 0. The molecular formula is C17H14N2O3. The van der Waals surface area contributed by atoms with Crippen molar-refractivity contribution in [3.8, 4) is 11.8 Å². The van der Waals surface area contributed by atoms with E-state index >= 15 is 0 Å². The van der Waals surface area contributed by atoms with E-state index in [1.165, 1.54) is 0 Å². The number of nitrogens with zero attached hydrogens (tertiary/aromatic N) is 1. The van der Waals surface area contributed by atoms with Gasteiger partial charge >= 0.3 is 0 Å². The minimum absolute atomic E-state index is 0.353. The Morgan fingerprint density at radius 2 is 2.05 bits per heavy atom. The van der Waals surface area contributed by atoms with Crippen LogP contribution in [0.25, 0.3) is 0 Å². The fraction of sp³-hybridized carbons (Fsp3) is 0.118. The number of aldehydes is 1. The summed E-state index contributed by atoms with van der Waals surface area (Å²) in [5.74, 6) is -0.0123. The number of anilines is 1. The standard InChI is InChI=1S/C17H14N2O3/c1-12(22-16-8-3-2-6-14(16)11-20)17(21)19-15-7-4-5-13(9-15)10-18/h2-9,11-12H,1H3,(H,19,21)/t12-/m0/s1. The highest BCUT2D eigenvalue weighted by Crippen LogP contribution is 2.18. The number of rotatable bonds is 5. The molecule has 1 amide bonds. The van der Waals surface area contributed by atoms with Crippen LogP contribution in [0, 0.1) is 11.3 Å². The fourth-order valence-corrected chi connectivity index (χ4v) is 1.84. The number of ether oxygens (including phenoxy) is 1. The molecule has 110 valence electrons. The second kappa shape index (κ2) is 7.04. The summed E-state index contributed by atoms with van der Waals surface area (Å²) in [5.41, 5.74) is 1.36. The third kappa shape index (κ3) is 3.70. The molecule has 0 heterocycles. The topological polar surface area (TPSA) is 79.2 Å². The lowest BCUT2D eigenvalue weighted by Crippen LogP contribution is -2.30. The molecule has 0 aromatic heterocycles. The lowest BCUT2D eigenvalue weighted by Gasteiger charge is -2.15. The molecule has 0 saturated carbocycles. The van der Waals surface area contributed by atoms with E-state index in [1.807, 2.05) is 6.07 Å². The van der Waals surface area contributed by atoms with Gasteiger partial charge in [-0.25, -0.2) is 0 Å². The predicted molar refractivity (Wildman–Crippen MR) is 81.7 cm³/mol. The van der Waals surface area contributed by atoms with Gasteiger partial charge in [0.15, 0.2) is 12.4 Å². The van der Waals surface area contributed by atoms with E-state index in [2.05, 4.69) is 5.32 Å². The molecule has 5 heteroatoms. The van der Waals surface area contributed by atoms with E-state index in [9.17, 15) is 9.59 Å². The largest absolute Gasteiger partial charge is 0.480 e. The molecule has 2 rings (SSSR count). The Hall–Kier alpha value is -3.13. The molecule has 0 fully saturated rings. The fourth-order valence-electron chi connectivity index (χ4n) is 1.84. The quantitative estimate of drug-likeness (QED) is 0.860. The molecule has 0 bridgehead atoms. The predicted octanol–water partition coefficient (Wildman–Crippen LogP) is 2.78. The van der Waals surface area contributed by atoms with Crippen LogP contribution in [0.1, 0.15) is 22.8 Å². The Labute approximate surface area is 128 Å². The van der Waals surface area contributed by atoms with Crippen LogP contribution < -0.4 is 10.1 Å². The third-order valence-electron chi connectivity index (χ3n) is 2.98. The molecule has 22 heavy (non-hydrogen) atoms. The molecule has 2 aromatic carbocycles. The van der Waals surface area contributed by atoms with Crippen LogP contribution in [-0.2, 0) is 4.79 Å². The van der Waals surface area contributed by atoms with Gasteiger partial charge in [-0.05, 0) is 37.3 Å². The van der Waals surface area contributed by atoms with Crippen molar-refractivity contribution in [2.75, 3.05) is 5.32 Å². The number of hydrogen-bond donors (Lipinski definition) is 1. The molecule has 0 unspecified atom stereocenters. The zero-order valence-electron chi connectivity index (χ0n) is 11.9. The molecule has 5 nitrogen and oxygen atoms in total. The van der Waals surface area contributed by atoms with Gasteiger partial charge in [0.25, 0.3) is 5.91 Å². The first-order valence-corrected chi connectivity index (χ1v) is 6.66. The van der Waals surface area contributed by atoms with Gasteiger partial charge in [0.1, 0.15) is 5.75 Å². The van der Waals surface area contributed by atoms with Crippen LogP contribution in [0.2, 0.25) is 0 Å². The van der Waals surface area contributed by atoms with Crippen LogP contribution >= 0.6 is 0 Å². The SMILES string of the molecule is C[C@H](Oc1ccccc1C=O)C(=O)Nc1cccc(C#N)c1. The van der Waals surface area contributed by atoms with Crippen LogP contribution in [-0.4, -0.2) is 18.3 Å². The molecule has 0 radical (unpaired) electrons. The van der Waals surface area contributed by atoms with E-state index in [4.69, 9.17) is 10.00 Å². The van der Waals surface area contributed by atoms with Gasteiger partial charge in [-0.3, -0.25) is 9.59 Å². The van der Waals surface area contributed by atoms with Crippen molar-refractivity contribution in [2.24, 2.45) is 0 Å². The van der Waals surface area contributed by atoms with Crippen molar-refractivity contribution in [1.82, 2.24) is 0 Å². The molecule has 1 atom stereocenters. The minimum atomic E-state index is -0.785. The van der Waals surface area contributed by atoms with Gasteiger partial charge in [-0.15, -0.1) is 0 Å². The Morgan fingerprint density at radius 1 is 1.27 bits per heavy atom. The highest BCUT2D eigenvalue weighted by Gasteiger charge is 2.16. The minimum Gasteiger partial charge on any atom is -0.480 e. The van der Waals surface area contributed by atoms with E-state index in [0.29, 0.717) is 28.8 Å². The van der Waals surface area contributed by atoms with Gasteiger partial charge in [-0.1, -0.05) is 18.2 Å². The molecule has 0 saturated heterocycles. The highest BCUT2D eigenvalue weighted by atomic mass is 16.5. The summed E-state index contributed by atoms with van der Waals surface area (Å²) in [7, 11) is 0. The van der Waals surface area contributed by atoms with Crippen molar-refractivity contribution < 1.29 is 14.3 Å². The summed E-state index contributed by atoms with van der Waals surface area (Å²) in [6.07, 6.45) is -0.108. The van der Waals surface area contributed by atoms with Crippen molar-refractivity contribution in [1.29, 1.82) is 5.26 Å². The van der Waals surface area contributed by atoms with Crippen LogP contribution in [0.15, 0.2) is 48.5 Å². The highest BCUT2D eigenvalue weighted by molar-refractivity contribution is 5.94. The van der Waals surface area contributed by atoms with E-state index < -0.39 is 6.10 Å². The first-order chi connectivity index (χ1) is 10.6. The summed E-state index contributed by atoms with van der Waals surface area (Å²) in [6.45, 7) is 1.59. The molecule has 1 N–H and O–H groups in total. The van der Waals surface area contributed by atoms with Gasteiger partial charge in [-0.2, -0.15) is 5.26 Å². The summed E-state index contributed by atoms with van der Waals surface area (Å²) in [4.78, 5) is 23.0. The number of carbonyl (C=O) groups is 2. The van der Waals surface area contributed by atoms with Crippen molar-refractivity contribution in [3.63, 3.8) is 0 Å². The van der Waals surface area contributed by atoms with Gasteiger partial charge in [0.05, 0.1) is 17.2 Å². The maximum Gasteiger partial charge on any atom is 0.265 e. The Morgan fingerprint density at radius 3 is 2.77 bits per heavy atom. The average Bonchev–Trinajstić information content (AvgIpc) is 2.55. The first-order valence-electron chi connectivity index (χ1n) is 6.66. The zero-order valence-corrected chi connectivity index (χ0v) is 11.9. The number of nitriles is 1. The number of hydrogen-bond acceptors (Lipinski definition) is 4. The summed E-state index contributed by atoms with van der Waals surface area (Å²) < 4.78 is 5.52. The third-order valence-corrected chi connectivity index (χ3v) is 2.98. The maximum absolute atomic E-state index is 12.1. The van der Waals surface area contributed by atoms with Crippen LogP contribution in [0.3, 0.4) is 0 Å². The molecule has 0 spiro atoms. The Kier molecular flexibility index (Phi) is 4.89. The number of para-hydroxylation sites is 1. The zero-order chi connectivity index (χ0) is 15.9. The number of carbonyl (C=O) groups excluding carboxylic acids is 2. The Balaban J connectivity index is 2.06. The first kappa shape index (κ1) is 15.3. The second-order valence-electron chi connectivity index (χ2n) is 4.60. The Bertz CT molecular complexity index is 735. The van der Waals surface area contributed by atoms with Gasteiger partial charge < -0.3 is 10.1 Å². The number of amides is 1. The lowest BCUT2D eigenvalue weighted by molar-refractivity contribution is -0.122. The van der Waals surface area contributed by atoms with Crippen molar-refractivity contribution in [2.45, 2.75) is 13.0 Å². The number of nitrogens with one attached hydrogen (secondary N) is 1. The van der Waals surface area contributed by atoms with E-state index in [-0.39, 0.29) is 5.91 Å². The second-order valence-corrected chi connectivity index (χ2v) is 4.60. The van der Waals surface area contributed by atoms with E-state index in [1.54, 1.807) is 55.5 Å². The molecule has 0 aliphatic rings. The monoisotopic (exact) mass is 294 g/mol. The molecule has 2 aromatic rings. The molecular weight excluding hydrogens is 280 g/mol. The summed E-state index contributed by atoms with van der Waals surface area (Å²) in [6, 6.07) is 15.3. The normalized spacial score (nSPS) is 11.1. The number of benzene rings is 2. The van der Waals surface area contributed by atoms with Crippen LogP contribution in [0.5, 0.6) is 5.75 Å². The van der Waals surface area contributed by atoms with Crippen LogP contribution in [0.4, 0.5) is 5.69 Å². The molecule has 0 aliphatic carbocycles. The average molecular weight is 294 g/mol. The molecule has 0 aliphatic heterocycles. The van der Waals surface area contributed by atoms with Crippen molar-refractivity contribution >= 4 is 17.9 Å². The summed E-state index contributed by atoms with van der Waals surface area (Å²) in [5, 5.41) is 11.5. The lowest BCUT2D eigenvalue weighted by atomic mass is 10.2. The van der Waals surface area contributed by atoms with Gasteiger partial charge in [0, 0.05) is 5.69 Å². The van der Waals surface area contributed by atoms with E-state index in [0.717, 1.165) is 0 Å². The van der Waals surface area contributed by atoms with Gasteiger partial charge in [0.2, 0.25) is 0 Å².